The number of carbonyl (C=O) groups excluding carboxylic acids is 1. The summed E-state index contributed by atoms with van der Waals surface area (Å²) in [6, 6.07) is 5.74. The molecule has 8 heteroatoms. The van der Waals surface area contributed by atoms with E-state index in [0.717, 1.165) is 0 Å². The second-order valence-electron chi connectivity index (χ2n) is 5.92. The Morgan fingerprint density at radius 3 is 2.44 bits per heavy atom. The van der Waals surface area contributed by atoms with E-state index in [-0.39, 0.29) is 17.2 Å². The summed E-state index contributed by atoms with van der Waals surface area (Å²) in [6.07, 6.45) is -1.80. The van der Waals surface area contributed by atoms with E-state index in [1.54, 1.807) is 13.0 Å². The molecule has 144 valence electrons. The van der Waals surface area contributed by atoms with E-state index >= 15 is 0 Å². The van der Waals surface area contributed by atoms with Crippen molar-refractivity contribution in [2.75, 3.05) is 26.6 Å². The summed E-state index contributed by atoms with van der Waals surface area (Å²) < 4.78 is 36.8. The van der Waals surface area contributed by atoms with Gasteiger partial charge >= 0.3 is 0 Å². The molecular formula is C19H19ClFNO5. The third-order valence-corrected chi connectivity index (χ3v) is 4.57. The molecule has 1 N–H and O–H groups in total. The third-order valence-electron chi connectivity index (χ3n) is 4.34. The minimum Gasteiger partial charge on any atom is -0.493 e. The van der Waals surface area contributed by atoms with Gasteiger partial charge in [0.2, 0.25) is 5.75 Å². The van der Waals surface area contributed by atoms with Crippen LogP contribution in [0.5, 0.6) is 17.2 Å². The number of rotatable bonds is 4. The largest absolute Gasteiger partial charge is 0.493 e. The average Bonchev–Trinajstić information content (AvgIpc) is 2.78. The van der Waals surface area contributed by atoms with E-state index in [2.05, 4.69) is 5.32 Å². The highest BCUT2D eigenvalue weighted by atomic mass is 35.5. The van der Waals surface area contributed by atoms with Gasteiger partial charge in [0.15, 0.2) is 11.5 Å². The van der Waals surface area contributed by atoms with Crippen LogP contribution >= 0.6 is 11.6 Å². The molecule has 3 rings (SSSR count). The molecule has 1 heterocycles. The molecule has 27 heavy (non-hydrogen) atoms. The lowest BCUT2D eigenvalue weighted by atomic mass is 9.97. The number of ether oxygens (including phenoxy) is 4. The zero-order valence-corrected chi connectivity index (χ0v) is 16.0. The molecule has 2 aromatic carbocycles. The predicted octanol–water partition coefficient (Wildman–Crippen LogP) is 3.95. The Bertz CT molecular complexity index is 889. The molecule has 0 saturated carbocycles. The first-order valence-corrected chi connectivity index (χ1v) is 8.53. The van der Waals surface area contributed by atoms with Crippen LogP contribution in [0, 0.1) is 5.82 Å². The van der Waals surface area contributed by atoms with Gasteiger partial charge in [-0.05, 0) is 25.1 Å². The number of hydrogen-bond acceptors (Lipinski definition) is 5. The highest BCUT2D eigenvalue weighted by Gasteiger charge is 2.36. The van der Waals surface area contributed by atoms with Crippen LogP contribution in [0.4, 0.5) is 10.1 Å². The summed E-state index contributed by atoms with van der Waals surface area (Å²) in [5.41, 5.74) is 0.967. The molecule has 6 nitrogen and oxygen atoms in total. The molecular weight excluding hydrogens is 377 g/mol. The van der Waals surface area contributed by atoms with Gasteiger partial charge in [-0.15, -0.1) is 0 Å². The average molecular weight is 396 g/mol. The fraction of sp³-hybridized carbons (Fsp3) is 0.316. The van der Waals surface area contributed by atoms with Gasteiger partial charge in [0.1, 0.15) is 18.0 Å². The maximum atomic E-state index is 14.6. The molecule has 0 bridgehead atoms. The van der Waals surface area contributed by atoms with E-state index in [4.69, 9.17) is 30.5 Å². The lowest BCUT2D eigenvalue weighted by Gasteiger charge is -2.24. The minimum absolute atomic E-state index is 0.178. The number of carbonyl (C=O) groups is 1. The van der Waals surface area contributed by atoms with Gasteiger partial charge < -0.3 is 24.3 Å². The standard InChI is InChI=1S/C19H19ClFNO5/c1-9-19(23)22-13-8-14(24-2)17(25-3)18(26-4)15(13)16(27-9)11-7-10(20)5-6-12(11)21/h5-9,16H,1-4H3,(H,22,23). The highest BCUT2D eigenvalue weighted by molar-refractivity contribution is 6.30. The zero-order chi connectivity index (χ0) is 19.7. The topological polar surface area (TPSA) is 66.0 Å². The Kier molecular flexibility index (Phi) is 5.43. The number of anilines is 1. The van der Waals surface area contributed by atoms with Gasteiger partial charge in [-0.2, -0.15) is 0 Å². The number of methoxy groups -OCH3 is 3. The van der Waals surface area contributed by atoms with E-state index in [9.17, 15) is 9.18 Å². The van der Waals surface area contributed by atoms with Crippen LogP contribution in [0.25, 0.3) is 0 Å². The summed E-state index contributed by atoms with van der Waals surface area (Å²) in [5, 5.41) is 3.11. The van der Waals surface area contributed by atoms with Gasteiger partial charge in [-0.3, -0.25) is 4.79 Å². The van der Waals surface area contributed by atoms with Gasteiger partial charge in [-0.25, -0.2) is 4.39 Å². The van der Waals surface area contributed by atoms with Crippen LogP contribution in [0.15, 0.2) is 24.3 Å². The zero-order valence-electron chi connectivity index (χ0n) is 15.3. The van der Waals surface area contributed by atoms with Crippen molar-refractivity contribution in [2.45, 2.75) is 19.1 Å². The Balaban J connectivity index is 2.34. The molecule has 0 radical (unpaired) electrons. The fourth-order valence-electron chi connectivity index (χ4n) is 3.05. The first kappa shape index (κ1) is 19.3. The van der Waals surface area contributed by atoms with E-state index < -0.39 is 18.0 Å². The number of amides is 1. The lowest BCUT2D eigenvalue weighted by molar-refractivity contribution is -0.128. The Labute approximate surface area is 161 Å². The van der Waals surface area contributed by atoms with E-state index in [1.165, 1.54) is 39.5 Å². The lowest BCUT2D eigenvalue weighted by Crippen LogP contribution is -2.26. The van der Waals surface area contributed by atoms with Crippen LogP contribution in [0.2, 0.25) is 5.02 Å². The molecule has 1 aliphatic heterocycles. The number of halogens is 2. The van der Waals surface area contributed by atoms with Crippen LogP contribution < -0.4 is 19.5 Å². The molecule has 2 aromatic rings. The summed E-state index contributed by atoms with van der Waals surface area (Å²) >= 11 is 6.07. The molecule has 2 atom stereocenters. The molecule has 0 saturated heterocycles. The number of nitrogens with one attached hydrogen (secondary N) is 1. The molecule has 2 unspecified atom stereocenters. The van der Waals surface area contributed by atoms with Gasteiger partial charge in [0.25, 0.3) is 5.91 Å². The summed E-state index contributed by atoms with van der Waals surface area (Å²) in [7, 11) is 4.37. The van der Waals surface area contributed by atoms with Crippen molar-refractivity contribution in [1.82, 2.24) is 0 Å². The van der Waals surface area contributed by atoms with E-state index in [1.807, 2.05) is 0 Å². The number of benzene rings is 2. The molecule has 1 amide bonds. The van der Waals surface area contributed by atoms with Crippen molar-refractivity contribution in [1.29, 1.82) is 0 Å². The molecule has 0 spiro atoms. The van der Waals surface area contributed by atoms with Crippen LogP contribution in [-0.4, -0.2) is 33.3 Å². The SMILES string of the molecule is COc1cc2c(c(OC)c1OC)C(c1cc(Cl)ccc1F)OC(C)C(=O)N2. The second-order valence-corrected chi connectivity index (χ2v) is 6.36. The third kappa shape index (κ3) is 3.40. The number of hydrogen-bond donors (Lipinski definition) is 1. The summed E-state index contributed by atoms with van der Waals surface area (Å²) in [4.78, 5) is 12.4. The van der Waals surface area contributed by atoms with Crippen LogP contribution in [0.3, 0.4) is 0 Å². The normalized spacial score (nSPS) is 19.0. The van der Waals surface area contributed by atoms with Crippen LogP contribution in [0.1, 0.15) is 24.2 Å². The van der Waals surface area contributed by atoms with Gasteiger partial charge in [-0.1, -0.05) is 11.6 Å². The van der Waals surface area contributed by atoms with Gasteiger partial charge in [0.05, 0.1) is 32.6 Å². The van der Waals surface area contributed by atoms with E-state index in [0.29, 0.717) is 27.8 Å². The second kappa shape index (κ2) is 7.62. The van der Waals surface area contributed by atoms with Crippen molar-refractivity contribution in [3.63, 3.8) is 0 Å². The Hall–Kier alpha value is -2.51. The summed E-state index contributed by atoms with van der Waals surface area (Å²) in [5.74, 6) is 0.0293. The smallest absolute Gasteiger partial charge is 0.253 e. The molecule has 0 aliphatic carbocycles. The van der Waals surface area contributed by atoms with Gasteiger partial charge in [0, 0.05) is 16.7 Å². The predicted molar refractivity (Wildman–Crippen MR) is 98.5 cm³/mol. The van der Waals surface area contributed by atoms with Crippen molar-refractivity contribution in [3.8, 4) is 17.2 Å². The monoisotopic (exact) mass is 395 g/mol. The summed E-state index contributed by atoms with van der Waals surface area (Å²) in [6.45, 7) is 1.58. The Morgan fingerprint density at radius 1 is 1.11 bits per heavy atom. The van der Waals surface area contributed by atoms with Crippen molar-refractivity contribution >= 4 is 23.2 Å². The van der Waals surface area contributed by atoms with Crippen molar-refractivity contribution < 1.29 is 28.1 Å². The molecule has 0 aromatic heterocycles. The first-order chi connectivity index (χ1) is 12.9. The quantitative estimate of drug-likeness (QED) is 0.849. The van der Waals surface area contributed by atoms with Crippen molar-refractivity contribution in [2.24, 2.45) is 0 Å². The molecule has 0 fully saturated rings. The number of fused-ring (bicyclic) bond motifs is 1. The van der Waals surface area contributed by atoms with Crippen molar-refractivity contribution in [3.05, 3.63) is 46.2 Å². The molecule has 1 aliphatic rings. The van der Waals surface area contributed by atoms with Crippen LogP contribution in [-0.2, 0) is 9.53 Å². The first-order valence-electron chi connectivity index (χ1n) is 8.15. The maximum absolute atomic E-state index is 14.6. The fourth-order valence-corrected chi connectivity index (χ4v) is 3.24. The Morgan fingerprint density at radius 2 is 1.81 bits per heavy atom. The minimum atomic E-state index is -0.956. The highest BCUT2D eigenvalue weighted by Crippen LogP contribution is 2.50. The maximum Gasteiger partial charge on any atom is 0.253 e.